The Morgan fingerprint density at radius 3 is 2.74 bits per heavy atom. The summed E-state index contributed by atoms with van der Waals surface area (Å²) in [6, 6.07) is 15.8. The molecule has 0 bridgehead atoms. The van der Waals surface area contributed by atoms with Crippen molar-refractivity contribution < 1.29 is 4.79 Å². The van der Waals surface area contributed by atoms with Gasteiger partial charge in [0.25, 0.3) is 5.91 Å². The predicted octanol–water partition coefficient (Wildman–Crippen LogP) is 2.89. The van der Waals surface area contributed by atoms with Crippen LogP contribution in [-0.4, -0.2) is 5.91 Å². The molecule has 0 unspecified atom stereocenters. The Morgan fingerprint density at radius 2 is 2.00 bits per heavy atom. The Balaban J connectivity index is 2.13. The fourth-order valence-corrected chi connectivity index (χ4v) is 2.83. The lowest BCUT2D eigenvalue weighted by atomic mass is 10.1. The molecule has 0 fully saturated rings. The second-order valence-corrected chi connectivity index (χ2v) is 5.28. The fourth-order valence-electron chi connectivity index (χ4n) is 1.81. The number of hydrazine groups is 1. The molecule has 4 heteroatoms. The van der Waals surface area contributed by atoms with Gasteiger partial charge in [-0.3, -0.25) is 10.2 Å². The van der Waals surface area contributed by atoms with Gasteiger partial charge in [0.2, 0.25) is 0 Å². The molecule has 0 saturated carbocycles. The van der Waals surface area contributed by atoms with Crippen molar-refractivity contribution in [3.63, 3.8) is 0 Å². The zero-order valence-corrected chi connectivity index (χ0v) is 11.5. The van der Waals surface area contributed by atoms with E-state index < -0.39 is 0 Å². The Bertz CT molecular complexity index is 584. The highest BCUT2D eigenvalue weighted by Gasteiger charge is 2.09. The van der Waals surface area contributed by atoms with Gasteiger partial charge >= 0.3 is 0 Å². The normalized spacial score (nSPS) is 10.2. The lowest BCUT2D eigenvalue weighted by molar-refractivity contribution is 0.0953. The number of nitrogens with two attached hydrogens (primary N) is 1. The third kappa shape index (κ3) is 3.59. The van der Waals surface area contributed by atoms with Gasteiger partial charge in [0.1, 0.15) is 0 Å². The van der Waals surface area contributed by atoms with Crippen LogP contribution in [0.5, 0.6) is 0 Å². The van der Waals surface area contributed by atoms with Gasteiger partial charge in [0.15, 0.2) is 0 Å². The van der Waals surface area contributed by atoms with E-state index in [2.05, 4.69) is 30.5 Å². The van der Waals surface area contributed by atoms with Crippen molar-refractivity contribution in [2.24, 2.45) is 5.84 Å². The fraction of sp³-hybridized carbons (Fsp3) is 0.133. The molecular formula is C15H16N2OS. The van der Waals surface area contributed by atoms with Crippen LogP contribution in [0.3, 0.4) is 0 Å². The molecule has 0 heterocycles. The molecule has 0 aliphatic heterocycles. The first kappa shape index (κ1) is 13.6. The largest absolute Gasteiger partial charge is 0.290 e. The molecule has 3 nitrogen and oxygen atoms in total. The van der Waals surface area contributed by atoms with Gasteiger partial charge in [-0.05, 0) is 30.7 Å². The molecule has 1 amide bonds. The van der Waals surface area contributed by atoms with Crippen LogP contribution in [0.15, 0.2) is 53.4 Å². The first-order valence-corrected chi connectivity index (χ1v) is 6.97. The molecule has 0 aromatic heterocycles. The third-order valence-corrected chi connectivity index (χ3v) is 3.82. The van der Waals surface area contributed by atoms with E-state index >= 15 is 0 Å². The van der Waals surface area contributed by atoms with E-state index in [1.54, 1.807) is 17.8 Å². The number of carbonyl (C=O) groups excluding carboxylic acids is 1. The van der Waals surface area contributed by atoms with Gasteiger partial charge in [0.05, 0.1) is 0 Å². The predicted molar refractivity (Wildman–Crippen MR) is 78.8 cm³/mol. The number of carbonyl (C=O) groups is 1. The minimum Gasteiger partial charge on any atom is -0.290 e. The summed E-state index contributed by atoms with van der Waals surface area (Å²) in [6.07, 6.45) is 0. The summed E-state index contributed by atoms with van der Waals surface area (Å²) in [5, 5.41) is 0. The van der Waals surface area contributed by atoms with Crippen molar-refractivity contribution in [2.45, 2.75) is 17.6 Å². The van der Waals surface area contributed by atoms with Crippen LogP contribution in [0.4, 0.5) is 0 Å². The molecule has 0 saturated heterocycles. The maximum absolute atomic E-state index is 11.7. The standard InChI is InChI=1S/C15H16N2OS/c1-11-5-4-7-13(9-11)19-10-12-6-2-3-8-14(12)15(18)17-16/h2-9H,10,16H2,1H3,(H,17,18). The molecule has 98 valence electrons. The first-order valence-electron chi connectivity index (χ1n) is 5.99. The molecule has 2 aromatic rings. The maximum Gasteiger partial charge on any atom is 0.265 e. The Hall–Kier alpha value is -1.78. The molecule has 0 atom stereocenters. The van der Waals surface area contributed by atoms with Gasteiger partial charge in [-0.1, -0.05) is 35.9 Å². The van der Waals surface area contributed by atoms with E-state index in [0.29, 0.717) is 5.56 Å². The van der Waals surface area contributed by atoms with Crippen LogP contribution >= 0.6 is 11.8 Å². The first-order chi connectivity index (χ1) is 9.20. The van der Waals surface area contributed by atoms with E-state index in [4.69, 9.17) is 5.84 Å². The van der Waals surface area contributed by atoms with Crippen molar-refractivity contribution in [1.82, 2.24) is 5.43 Å². The highest BCUT2D eigenvalue weighted by atomic mass is 32.2. The number of rotatable bonds is 4. The van der Waals surface area contributed by atoms with Crippen LogP contribution in [0.2, 0.25) is 0 Å². The SMILES string of the molecule is Cc1cccc(SCc2ccccc2C(=O)NN)c1. The van der Waals surface area contributed by atoms with E-state index in [1.807, 2.05) is 24.3 Å². The van der Waals surface area contributed by atoms with Gasteiger partial charge < -0.3 is 0 Å². The number of amides is 1. The third-order valence-electron chi connectivity index (χ3n) is 2.78. The average molecular weight is 272 g/mol. The summed E-state index contributed by atoms with van der Waals surface area (Å²) in [5.74, 6) is 5.69. The van der Waals surface area contributed by atoms with Crippen LogP contribution in [-0.2, 0) is 5.75 Å². The Labute approximate surface area is 117 Å². The summed E-state index contributed by atoms with van der Waals surface area (Å²) in [5.41, 5.74) is 5.03. The topological polar surface area (TPSA) is 55.1 Å². The lowest BCUT2D eigenvalue weighted by Crippen LogP contribution is -2.30. The van der Waals surface area contributed by atoms with Crippen LogP contribution in [0, 0.1) is 6.92 Å². The van der Waals surface area contributed by atoms with Crippen LogP contribution < -0.4 is 11.3 Å². The molecule has 0 spiro atoms. The van der Waals surface area contributed by atoms with E-state index in [0.717, 1.165) is 11.3 Å². The van der Waals surface area contributed by atoms with Crippen LogP contribution in [0.1, 0.15) is 21.5 Å². The summed E-state index contributed by atoms with van der Waals surface area (Å²) in [7, 11) is 0. The van der Waals surface area contributed by atoms with Gasteiger partial charge in [-0.25, -0.2) is 5.84 Å². The highest BCUT2D eigenvalue weighted by Crippen LogP contribution is 2.25. The summed E-state index contributed by atoms with van der Waals surface area (Å²) in [6.45, 7) is 2.07. The van der Waals surface area contributed by atoms with Gasteiger partial charge in [-0.2, -0.15) is 0 Å². The molecule has 0 aliphatic carbocycles. The number of hydrogen-bond donors (Lipinski definition) is 2. The minimum atomic E-state index is -0.250. The minimum absolute atomic E-state index is 0.250. The summed E-state index contributed by atoms with van der Waals surface area (Å²) in [4.78, 5) is 12.9. The van der Waals surface area contributed by atoms with E-state index in [9.17, 15) is 4.79 Å². The zero-order valence-electron chi connectivity index (χ0n) is 10.7. The molecule has 2 aromatic carbocycles. The molecule has 3 N–H and O–H groups in total. The maximum atomic E-state index is 11.7. The monoisotopic (exact) mass is 272 g/mol. The Kier molecular flexibility index (Phi) is 4.60. The van der Waals surface area contributed by atoms with E-state index in [-0.39, 0.29) is 5.91 Å². The highest BCUT2D eigenvalue weighted by molar-refractivity contribution is 7.98. The smallest absolute Gasteiger partial charge is 0.265 e. The number of hydrogen-bond acceptors (Lipinski definition) is 3. The second kappa shape index (κ2) is 6.41. The summed E-state index contributed by atoms with van der Waals surface area (Å²) < 4.78 is 0. The Morgan fingerprint density at radius 1 is 1.21 bits per heavy atom. The van der Waals surface area contributed by atoms with Gasteiger partial charge in [-0.15, -0.1) is 11.8 Å². The zero-order chi connectivity index (χ0) is 13.7. The summed E-state index contributed by atoms with van der Waals surface area (Å²) >= 11 is 1.71. The molecular weight excluding hydrogens is 256 g/mol. The number of aryl methyl sites for hydroxylation is 1. The number of benzene rings is 2. The molecule has 0 aliphatic rings. The molecule has 2 rings (SSSR count). The van der Waals surface area contributed by atoms with Gasteiger partial charge in [0, 0.05) is 16.2 Å². The van der Waals surface area contributed by atoms with Crippen molar-refractivity contribution >= 4 is 17.7 Å². The van der Waals surface area contributed by atoms with Crippen molar-refractivity contribution in [2.75, 3.05) is 0 Å². The van der Waals surface area contributed by atoms with Crippen molar-refractivity contribution in [3.05, 3.63) is 65.2 Å². The number of thioether (sulfide) groups is 1. The quantitative estimate of drug-likeness (QED) is 0.389. The van der Waals surface area contributed by atoms with Crippen LogP contribution in [0.25, 0.3) is 0 Å². The van der Waals surface area contributed by atoms with Crippen molar-refractivity contribution in [1.29, 1.82) is 0 Å². The molecule has 19 heavy (non-hydrogen) atoms. The van der Waals surface area contributed by atoms with E-state index in [1.165, 1.54) is 10.5 Å². The average Bonchev–Trinajstić information content (AvgIpc) is 2.45. The molecule has 0 radical (unpaired) electrons. The number of nitrogens with one attached hydrogen (secondary N) is 1. The lowest BCUT2D eigenvalue weighted by Gasteiger charge is -2.08. The second-order valence-electron chi connectivity index (χ2n) is 4.24. The number of nitrogen functional groups attached to an aromatic ring is 1. The van der Waals surface area contributed by atoms with Crippen molar-refractivity contribution in [3.8, 4) is 0 Å².